The summed E-state index contributed by atoms with van der Waals surface area (Å²) in [7, 11) is 0. The second-order valence-corrected chi connectivity index (χ2v) is 7.21. The zero-order valence-electron chi connectivity index (χ0n) is 14.5. The lowest BCUT2D eigenvalue weighted by Crippen LogP contribution is -2.32. The predicted octanol–water partition coefficient (Wildman–Crippen LogP) is 6.26. The molecule has 0 aliphatic carbocycles. The molecule has 0 nitrogen and oxygen atoms in total. The second-order valence-electron chi connectivity index (χ2n) is 7.21. The molecule has 0 aromatic carbocycles. The van der Waals surface area contributed by atoms with E-state index in [4.69, 9.17) is 0 Å². The lowest BCUT2D eigenvalue weighted by Gasteiger charge is -2.39. The topological polar surface area (TPSA) is 0 Å². The highest BCUT2D eigenvalue weighted by molar-refractivity contribution is 4.81. The van der Waals surface area contributed by atoms with Gasteiger partial charge >= 0.3 is 0 Å². The van der Waals surface area contributed by atoms with Gasteiger partial charge in [0, 0.05) is 0 Å². The van der Waals surface area contributed by atoms with E-state index in [1.807, 2.05) is 0 Å². The lowest BCUT2D eigenvalue weighted by molar-refractivity contribution is 0.0970. The van der Waals surface area contributed by atoms with E-state index in [-0.39, 0.29) is 0 Å². The molecule has 0 rings (SSSR count). The van der Waals surface area contributed by atoms with Gasteiger partial charge in [0.05, 0.1) is 0 Å². The average Bonchev–Trinajstić information content (AvgIpc) is 2.30. The molecule has 0 bridgehead atoms. The molecule has 0 spiro atoms. The highest BCUT2D eigenvalue weighted by Crippen LogP contribution is 2.39. The molecule has 0 heteroatoms. The Morgan fingerprint density at radius 3 is 0.944 bits per heavy atom. The largest absolute Gasteiger partial charge is 0.0651 e. The molecule has 0 aliphatic rings. The zero-order chi connectivity index (χ0) is 14.5. The van der Waals surface area contributed by atoms with E-state index in [0.717, 1.165) is 41.4 Å². The minimum atomic E-state index is 0.810. The fraction of sp³-hybridized carbons (Fsp3) is 1.00. The molecule has 18 heavy (non-hydrogen) atoms. The smallest absolute Gasteiger partial charge is 0.0360 e. The van der Waals surface area contributed by atoms with Gasteiger partial charge in [0.25, 0.3) is 0 Å². The van der Waals surface area contributed by atoms with E-state index in [0.29, 0.717) is 0 Å². The number of rotatable bonds is 8. The van der Waals surface area contributed by atoms with Gasteiger partial charge in [0.2, 0.25) is 0 Å². The van der Waals surface area contributed by atoms with Crippen molar-refractivity contribution in [1.29, 1.82) is 0 Å². The summed E-state index contributed by atoms with van der Waals surface area (Å²) in [5.41, 5.74) is 0. The van der Waals surface area contributed by atoms with Crippen LogP contribution in [0, 0.1) is 41.4 Å². The maximum Gasteiger partial charge on any atom is -0.0360 e. The Labute approximate surface area is 117 Å². The summed E-state index contributed by atoms with van der Waals surface area (Å²) in [6.45, 7) is 21.7. The van der Waals surface area contributed by atoms with Crippen molar-refractivity contribution in [2.75, 3.05) is 0 Å². The van der Waals surface area contributed by atoms with Crippen LogP contribution in [0.3, 0.4) is 0 Å². The molecular formula is C18H38. The van der Waals surface area contributed by atoms with Crippen LogP contribution in [-0.2, 0) is 0 Å². The van der Waals surface area contributed by atoms with E-state index in [2.05, 4.69) is 62.3 Å². The lowest BCUT2D eigenvalue weighted by atomic mass is 9.66. The van der Waals surface area contributed by atoms with Crippen molar-refractivity contribution >= 4 is 0 Å². The summed E-state index contributed by atoms with van der Waals surface area (Å²) in [4.78, 5) is 0. The third kappa shape index (κ3) is 4.59. The molecule has 0 fully saturated rings. The minimum absolute atomic E-state index is 0.810. The Morgan fingerprint density at radius 1 is 0.500 bits per heavy atom. The van der Waals surface area contributed by atoms with Gasteiger partial charge in [-0.2, -0.15) is 0 Å². The molecule has 4 unspecified atom stereocenters. The monoisotopic (exact) mass is 254 g/mol. The highest BCUT2D eigenvalue weighted by atomic mass is 14.4. The van der Waals surface area contributed by atoms with Crippen molar-refractivity contribution in [3.05, 3.63) is 0 Å². The van der Waals surface area contributed by atoms with Crippen molar-refractivity contribution in [2.24, 2.45) is 41.4 Å². The van der Waals surface area contributed by atoms with Gasteiger partial charge in [0.15, 0.2) is 0 Å². The fourth-order valence-electron chi connectivity index (χ4n) is 3.75. The molecule has 0 amide bonds. The fourth-order valence-corrected chi connectivity index (χ4v) is 3.75. The first kappa shape index (κ1) is 18.0. The molecule has 0 aliphatic heterocycles. The van der Waals surface area contributed by atoms with Gasteiger partial charge in [0.1, 0.15) is 0 Å². The SMILES string of the molecule is CCC(C(C)C(C)C)C(C)C(CC)C(C)C(C)C. The third-order valence-corrected chi connectivity index (χ3v) is 5.75. The van der Waals surface area contributed by atoms with E-state index < -0.39 is 0 Å². The van der Waals surface area contributed by atoms with Crippen molar-refractivity contribution in [2.45, 2.75) is 75.2 Å². The number of hydrogen-bond acceptors (Lipinski definition) is 0. The normalized spacial score (nSPS) is 20.8. The first-order chi connectivity index (χ1) is 8.27. The zero-order valence-corrected chi connectivity index (χ0v) is 14.5. The molecule has 0 aromatic rings. The Bertz CT molecular complexity index is 182. The van der Waals surface area contributed by atoms with Crippen LogP contribution in [0.15, 0.2) is 0 Å². The molecular weight excluding hydrogens is 216 g/mol. The Kier molecular flexibility index (Phi) is 8.23. The maximum absolute atomic E-state index is 2.51. The molecule has 0 saturated heterocycles. The van der Waals surface area contributed by atoms with Crippen molar-refractivity contribution in [3.63, 3.8) is 0 Å². The Balaban J connectivity index is 4.88. The van der Waals surface area contributed by atoms with E-state index in [1.54, 1.807) is 0 Å². The molecule has 110 valence electrons. The van der Waals surface area contributed by atoms with Crippen LogP contribution in [0.1, 0.15) is 75.2 Å². The molecule has 0 aromatic heterocycles. The molecule has 0 heterocycles. The maximum atomic E-state index is 2.51. The quantitative estimate of drug-likeness (QED) is 0.479. The molecule has 4 atom stereocenters. The van der Waals surface area contributed by atoms with Crippen molar-refractivity contribution < 1.29 is 0 Å². The van der Waals surface area contributed by atoms with E-state index in [1.165, 1.54) is 12.8 Å². The van der Waals surface area contributed by atoms with Gasteiger partial charge < -0.3 is 0 Å². The number of hydrogen-bond donors (Lipinski definition) is 0. The van der Waals surface area contributed by atoms with Crippen LogP contribution < -0.4 is 0 Å². The summed E-state index contributed by atoms with van der Waals surface area (Å²) in [5, 5.41) is 0. The van der Waals surface area contributed by atoms with Gasteiger partial charge in [-0.25, -0.2) is 0 Å². The van der Waals surface area contributed by atoms with Crippen LogP contribution in [0.2, 0.25) is 0 Å². The van der Waals surface area contributed by atoms with Crippen LogP contribution in [0.5, 0.6) is 0 Å². The van der Waals surface area contributed by atoms with Crippen molar-refractivity contribution in [1.82, 2.24) is 0 Å². The van der Waals surface area contributed by atoms with Gasteiger partial charge in [-0.05, 0) is 41.4 Å². The Hall–Kier alpha value is 0. The summed E-state index contributed by atoms with van der Waals surface area (Å²) < 4.78 is 0. The standard InChI is InChI=1S/C18H38/c1-10-17(14(7)12(3)4)16(9)18(11-2)15(8)13(5)6/h12-18H,10-11H2,1-9H3. The van der Waals surface area contributed by atoms with Gasteiger partial charge in [-0.3, -0.25) is 0 Å². The van der Waals surface area contributed by atoms with Crippen LogP contribution in [0.25, 0.3) is 0 Å². The highest BCUT2D eigenvalue weighted by Gasteiger charge is 2.32. The van der Waals surface area contributed by atoms with Crippen molar-refractivity contribution in [3.8, 4) is 0 Å². The van der Waals surface area contributed by atoms with E-state index >= 15 is 0 Å². The first-order valence-electron chi connectivity index (χ1n) is 8.27. The summed E-state index contributed by atoms with van der Waals surface area (Å²) in [6.07, 6.45) is 2.67. The predicted molar refractivity (Wildman–Crippen MR) is 84.7 cm³/mol. The van der Waals surface area contributed by atoms with Crippen LogP contribution >= 0.6 is 0 Å². The van der Waals surface area contributed by atoms with E-state index in [9.17, 15) is 0 Å². The first-order valence-corrected chi connectivity index (χ1v) is 8.27. The third-order valence-electron chi connectivity index (χ3n) is 5.75. The van der Waals surface area contributed by atoms with Crippen LogP contribution in [0.4, 0.5) is 0 Å². The minimum Gasteiger partial charge on any atom is -0.0651 e. The summed E-state index contributed by atoms with van der Waals surface area (Å²) in [6, 6.07) is 0. The average molecular weight is 255 g/mol. The summed E-state index contributed by atoms with van der Waals surface area (Å²) >= 11 is 0. The van der Waals surface area contributed by atoms with Gasteiger partial charge in [-0.1, -0.05) is 75.2 Å². The molecule has 0 radical (unpaired) electrons. The van der Waals surface area contributed by atoms with Crippen LogP contribution in [-0.4, -0.2) is 0 Å². The Morgan fingerprint density at radius 2 is 0.778 bits per heavy atom. The van der Waals surface area contributed by atoms with Gasteiger partial charge in [-0.15, -0.1) is 0 Å². The summed E-state index contributed by atoms with van der Waals surface area (Å²) in [5.74, 6) is 5.94. The molecule has 0 N–H and O–H groups in total. The molecule has 0 saturated carbocycles. The second kappa shape index (κ2) is 8.23.